The Hall–Kier alpha value is -2.62. The van der Waals surface area contributed by atoms with Crippen LogP contribution in [0.3, 0.4) is 0 Å². The number of carbonyl (C=O) groups is 2. The van der Waals surface area contributed by atoms with Gasteiger partial charge in [-0.2, -0.15) is 0 Å². The van der Waals surface area contributed by atoms with Crippen molar-refractivity contribution in [1.82, 2.24) is 0 Å². The summed E-state index contributed by atoms with van der Waals surface area (Å²) in [6.45, 7) is 5.66. The van der Waals surface area contributed by atoms with Gasteiger partial charge in [-0.1, -0.05) is 24.3 Å². The number of rotatable bonds is 2. The number of anilines is 1. The zero-order valence-corrected chi connectivity index (χ0v) is 13.5. The van der Waals surface area contributed by atoms with Crippen molar-refractivity contribution >= 4 is 17.6 Å². The molecule has 4 heteroatoms. The Morgan fingerprint density at radius 1 is 1.13 bits per heavy atom. The van der Waals surface area contributed by atoms with Gasteiger partial charge in [-0.15, -0.1) is 0 Å². The first kappa shape index (κ1) is 15.3. The first-order chi connectivity index (χ1) is 10.9. The van der Waals surface area contributed by atoms with Gasteiger partial charge in [0.25, 0.3) is 5.91 Å². The Kier molecular flexibility index (Phi) is 3.68. The van der Waals surface area contributed by atoms with Gasteiger partial charge in [0.05, 0.1) is 5.56 Å². The van der Waals surface area contributed by atoms with E-state index in [9.17, 15) is 9.59 Å². The number of hydrogen-bond acceptors (Lipinski definition) is 3. The first-order valence-electron chi connectivity index (χ1n) is 7.59. The average molecular weight is 309 g/mol. The molecule has 0 bridgehead atoms. The summed E-state index contributed by atoms with van der Waals surface area (Å²) >= 11 is 0. The Bertz CT molecular complexity index is 797. The van der Waals surface area contributed by atoms with E-state index in [-0.39, 0.29) is 5.91 Å². The Balaban J connectivity index is 1.84. The third-order valence-corrected chi connectivity index (χ3v) is 4.33. The highest BCUT2D eigenvalue weighted by atomic mass is 16.6. The second kappa shape index (κ2) is 5.54. The van der Waals surface area contributed by atoms with Crippen molar-refractivity contribution in [3.8, 4) is 0 Å². The van der Waals surface area contributed by atoms with Gasteiger partial charge in [-0.3, -0.25) is 4.79 Å². The van der Waals surface area contributed by atoms with Gasteiger partial charge in [0.1, 0.15) is 0 Å². The maximum atomic E-state index is 12.7. The number of carbonyl (C=O) groups excluding carboxylic acids is 2. The summed E-state index contributed by atoms with van der Waals surface area (Å²) in [6.07, 6.45) is 0.367. The summed E-state index contributed by atoms with van der Waals surface area (Å²) in [5, 5.41) is 2.86. The van der Waals surface area contributed by atoms with E-state index in [1.165, 1.54) is 0 Å². The van der Waals surface area contributed by atoms with E-state index in [4.69, 9.17) is 4.74 Å². The minimum Gasteiger partial charge on any atom is -0.445 e. The smallest absolute Gasteiger partial charge is 0.339 e. The van der Waals surface area contributed by atoms with Crippen LogP contribution in [0.2, 0.25) is 0 Å². The number of esters is 1. The first-order valence-corrected chi connectivity index (χ1v) is 7.59. The van der Waals surface area contributed by atoms with E-state index in [0.29, 0.717) is 17.7 Å². The van der Waals surface area contributed by atoms with Crippen LogP contribution >= 0.6 is 0 Å². The summed E-state index contributed by atoms with van der Waals surface area (Å²) in [6, 6.07) is 12.9. The molecule has 0 spiro atoms. The molecule has 23 heavy (non-hydrogen) atoms. The van der Waals surface area contributed by atoms with Crippen molar-refractivity contribution in [2.45, 2.75) is 32.8 Å². The molecule has 1 aliphatic rings. The predicted octanol–water partition coefficient (Wildman–Crippen LogP) is 3.41. The molecule has 118 valence electrons. The molecular weight excluding hydrogens is 290 g/mol. The second-order valence-corrected chi connectivity index (χ2v) is 6.21. The molecular formula is C19H19NO3. The summed E-state index contributed by atoms with van der Waals surface area (Å²) in [4.78, 5) is 24.8. The molecule has 3 rings (SSSR count). The lowest BCUT2D eigenvalue weighted by Gasteiger charge is -2.33. The standard InChI is InChI=1S/C19H19NO3/c1-12-8-9-15(10-13(12)2)20-18(22)19(3)11-14-6-4-5-7-16(14)17(21)23-19/h4-10H,11H2,1-3H3,(H,20,22). The number of nitrogens with one attached hydrogen (secondary N) is 1. The Labute approximate surface area is 135 Å². The van der Waals surface area contributed by atoms with Crippen LogP contribution in [-0.2, 0) is 16.0 Å². The molecule has 1 amide bonds. The van der Waals surface area contributed by atoms with Crippen molar-refractivity contribution in [3.05, 3.63) is 64.7 Å². The highest BCUT2D eigenvalue weighted by Gasteiger charge is 2.42. The maximum Gasteiger partial charge on any atom is 0.339 e. The Morgan fingerprint density at radius 2 is 1.87 bits per heavy atom. The van der Waals surface area contributed by atoms with Crippen molar-refractivity contribution < 1.29 is 14.3 Å². The van der Waals surface area contributed by atoms with Crippen molar-refractivity contribution in [3.63, 3.8) is 0 Å². The number of hydrogen-bond donors (Lipinski definition) is 1. The average Bonchev–Trinajstić information content (AvgIpc) is 2.51. The number of ether oxygens (including phenoxy) is 1. The summed E-state index contributed by atoms with van der Waals surface area (Å²) in [7, 11) is 0. The summed E-state index contributed by atoms with van der Waals surface area (Å²) in [5.41, 5.74) is 3.12. The summed E-state index contributed by atoms with van der Waals surface area (Å²) < 4.78 is 5.44. The van der Waals surface area contributed by atoms with Crippen molar-refractivity contribution in [2.75, 3.05) is 5.32 Å². The SMILES string of the molecule is Cc1ccc(NC(=O)C2(C)Cc3ccccc3C(=O)O2)cc1C. The van der Waals surface area contributed by atoms with Gasteiger partial charge in [0, 0.05) is 12.1 Å². The van der Waals surface area contributed by atoms with E-state index in [1.807, 2.05) is 44.2 Å². The monoisotopic (exact) mass is 309 g/mol. The van der Waals surface area contributed by atoms with Crippen LogP contribution in [0.1, 0.15) is 34.0 Å². The van der Waals surface area contributed by atoms with Crippen LogP contribution in [-0.4, -0.2) is 17.5 Å². The highest BCUT2D eigenvalue weighted by Crippen LogP contribution is 2.29. The van der Waals surface area contributed by atoms with Crippen molar-refractivity contribution in [1.29, 1.82) is 0 Å². The molecule has 0 fully saturated rings. The molecule has 2 aromatic carbocycles. The molecule has 0 saturated heterocycles. The van der Waals surface area contributed by atoms with E-state index in [2.05, 4.69) is 5.32 Å². The fraction of sp³-hybridized carbons (Fsp3) is 0.263. The normalized spacial score (nSPS) is 19.7. The minimum absolute atomic E-state index is 0.316. The van der Waals surface area contributed by atoms with Crippen LogP contribution in [0.4, 0.5) is 5.69 Å². The van der Waals surface area contributed by atoms with Gasteiger partial charge >= 0.3 is 5.97 Å². The molecule has 1 heterocycles. The largest absolute Gasteiger partial charge is 0.445 e. The molecule has 1 unspecified atom stereocenters. The van der Waals surface area contributed by atoms with E-state index in [1.54, 1.807) is 19.1 Å². The molecule has 1 N–H and O–H groups in total. The number of fused-ring (bicyclic) bond motifs is 1. The fourth-order valence-corrected chi connectivity index (χ4v) is 2.74. The number of aryl methyl sites for hydroxylation is 2. The number of cyclic esters (lactones) is 1. The van der Waals surface area contributed by atoms with Gasteiger partial charge in [0.15, 0.2) is 5.60 Å². The molecule has 4 nitrogen and oxygen atoms in total. The highest BCUT2D eigenvalue weighted by molar-refractivity contribution is 6.02. The zero-order valence-electron chi connectivity index (χ0n) is 13.5. The lowest BCUT2D eigenvalue weighted by molar-refractivity contribution is -0.134. The molecule has 0 aromatic heterocycles. The van der Waals surface area contributed by atoms with Crippen LogP contribution in [0.25, 0.3) is 0 Å². The van der Waals surface area contributed by atoms with Gasteiger partial charge in [-0.25, -0.2) is 4.79 Å². The Morgan fingerprint density at radius 3 is 2.61 bits per heavy atom. The van der Waals surface area contributed by atoms with Crippen LogP contribution in [0, 0.1) is 13.8 Å². The van der Waals surface area contributed by atoms with Crippen LogP contribution < -0.4 is 5.32 Å². The molecule has 2 aromatic rings. The third kappa shape index (κ3) is 2.84. The third-order valence-electron chi connectivity index (χ3n) is 4.33. The van der Waals surface area contributed by atoms with E-state index < -0.39 is 11.6 Å². The molecule has 0 aliphatic carbocycles. The summed E-state index contributed by atoms with van der Waals surface area (Å²) in [5.74, 6) is -0.770. The lowest BCUT2D eigenvalue weighted by atomic mass is 9.89. The molecule has 0 radical (unpaired) electrons. The fourth-order valence-electron chi connectivity index (χ4n) is 2.74. The zero-order chi connectivity index (χ0) is 16.6. The van der Waals surface area contributed by atoms with Gasteiger partial charge in [-0.05, 0) is 55.7 Å². The van der Waals surface area contributed by atoms with E-state index >= 15 is 0 Å². The lowest BCUT2D eigenvalue weighted by Crippen LogP contribution is -2.48. The molecule has 0 saturated carbocycles. The number of amides is 1. The van der Waals surface area contributed by atoms with Crippen LogP contribution in [0.15, 0.2) is 42.5 Å². The maximum absolute atomic E-state index is 12.7. The quantitative estimate of drug-likeness (QED) is 0.865. The van der Waals surface area contributed by atoms with E-state index in [0.717, 1.165) is 16.7 Å². The topological polar surface area (TPSA) is 55.4 Å². The molecule has 1 atom stereocenters. The number of benzene rings is 2. The van der Waals surface area contributed by atoms with Crippen LogP contribution in [0.5, 0.6) is 0 Å². The van der Waals surface area contributed by atoms with Gasteiger partial charge in [0.2, 0.25) is 0 Å². The minimum atomic E-state index is -1.20. The predicted molar refractivity (Wildman–Crippen MR) is 88.5 cm³/mol. The molecule has 1 aliphatic heterocycles. The van der Waals surface area contributed by atoms with Gasteiger partial charge < -0.3 is 10.1 Å². The van der Waals surface area contributed by atoms with Crippen molar-refractivity contribution in [2.24, 2.45) is 0 Å². The second-order valence-electron chi connectivity index (χ2n) is 6.21.